The highest BCUT2D eigenvalue weighted by Gasteiger charge is 2.22. The van der Waals surface area contributed by atoms with Crippen molar-refractivity contribution in [2.45, 2.75) is 58.6 Å². The van der Waals surface area contributed by atoms with E-state index >= 15 is 0 Å². The number of hydrogen-bond donors (Lipinski definition) is 1. The highest BCUT2D eigenvalue weighted by molar-refractivity contribution is 5.73. The molecule has 0 unspecified atom stereocenters. The number of benzene rings is 1. The summed E-state index contributed by atoms with van der Waals surface area (Å²) in [6, 6.07) is 9.17. The Kier molecular flexibility index (Phi) is 9.25. The van der Waals surface area contributed by atoms with Gasteiger partial charge in [0.2, 0.25) is 11.8 Å². The van der Waals surface area contributed by atoms with Crippen molar-refractivity contribution >= 4 is 5.91 Å². The Labute approximate surface area is 228 Å². The van der Waals surface area contributed by atoms with Crippen LogP contribution < -0.4 is 0 Å². The number of carbonyl (C=O) groups excluding carboxylic acids is 1. The van der Waals surface area contributed by atoms with Crippen LogP contribution in [0.4, 0.5) is 13.2 Å². The van der Waals surface area contributed by atoms with Gasteiger partial charge in [0, 0.05) is 37.9 Å². The molecule has 0 spiro atoms. The van der Waals surface area contributed by atoms with E-state index in [2.05, 4.69) is 37.6 Å². The standard InChI is InChI=1S/C24H22F3N7O2.C3H8O/c1-14(35)33-7-5-15(6-8-33)16-3-2-4-17(9-16)20-12-34(32-29-20)13-21-19(25)10-18(11-28-21)23-30-31-24(36-23)22(26)27;1-3(2)4/h2-4,9-12,15,22H,5-8,13H2,1H3;3-4H,1-2H3. The number of amides is 1. The van der Waals surface area contributed by atoms with E-state index in [4.69, 9.17) is 9.52 Å². The molecule has 1 saturated heterocycles. The highest BCUT2D eigenvalue weighted by atomic mass is 19.3. The van der Waals surface area contributed by atoms with Crippen LogP contribution in [0.15, 0.2) is 47.1 Å². The summed E-state index contributed by atoms with van der Waals surface area (Å²) in [5.41, 5.74) is 2.91. The Hall–Kier alpha value is -4.13. The van der Waals surface area contributed by atoms with E-state index in [1.54, 1.807) is 27.0 Å². The SMILES string of the molecule is CC(=O)N1CCC(c2cccc(-c3cn(Cc4ncc(-c5nnc(C(F)F)o5)cc4F)nn3)c2)CC1.CC(C)O. The fraction of sp³-hybridized carbons (Fsp3) is 0.407. The van der Waals surface area contributed by atoms with E-state index in [0.29, 0.717) is 11.6 Å². The lowest BCUT2D eigenvalue weighted by atomic mass is 9.88. The molecule has 4 aromatic rings. The summed E-state index contributed by atoms with van der Waals surface area (Å²) >= 11 is 0. The van der Waals surface area contributed by atoms with Gasteiger partial charge in [-0.2, -0.15) is 8.78 Å². The van der Waals surface area contributed by atoms with Crippen LogP contribution in [-0.2, 0) is 11.3 Å². The molecule has 1 aliphatic rings. The Morgan fingerprint density at radius 2 is 1.85 bits per heavy atom. The van der Waals surface area contributed by atoms with Crippen molar-refractivity contribution in [3.8, 4) is 22.7 Å². The fourth-order valence-electron chi connectivity index (χ4n) is 4.28. The predicted molar refractivity (Wildman–Crippen MR) is 139 cm³/mol. The monoisotopic (exact) mass is 557 g/mol. The molecule has 1 aliphatic heterocycles. The van der Waals surface area contributed by atoms with Crippen molar-refractivity contribution in [1.82, 2.24) is 35.1 Å². The minimum Gasteiger partial charge on any atom is -0.415 e. The molecule has 1 aromatic carbocycles. The summed E-state index contributed by atoms with van der Waals surface area (Å²) in [6.45, 7) is 6.56. The predicted octanol–water partition coefficient (Wildman–Crippen LogP) is 4.63. The number of aromatic nitrogens is 6. The molecule has 1 amide bonds. The van der Waals surface area contributed by atoms with Crippen LogP contribution in [0.2, 0.25) is 0 Å². The number of carbonyl (C=O) groups is 1. The van der Waals surface area contributed by atoms with Gasteiger partial charge >= 0.3 is 6.43 Å². The third-order valence-electron chi connectivity index (χ3n) is 6.24. The van der Waals surface area contributed by atoms with Gasteiger partial charge in [-0.1, -0.05) is 23.4 Å². The summed E-state index contributed by atoms with van der Waals surface area (Å²) < 4.78 is 46.3. The molecular formula is C27H30F3N7O3. The zero-order chi connectivity index (χ0) is 28.8. The third kappa shape index (κ3) is 7.29. The molecule has 0 bridgehead atoms. The number of hydrogen-bond acceptors (Lipinski definition) is 8. The van der Waals surface area contributed by atoms with Crippen molar-refractivity contribution in [1.29, 1.82) is 0 Å². The minimum atomic E-state index is -2.91. The summed E-state index contributed by atoms with van der Waals surface area (Å²) in [7, 11) is 0. The molecule has 4 heterocycles. The summed E-state index contributed by atoms with van der Waals surface area (Å²) in [6.07, 6.45) is 1.72. The number of nitrogens with zero attached hydrogens (tertiary/aromatic N) is 7. The molecule has 13 heteroatoms. The zero-order valence-electron chi connectivity index (χ0n) is 22.3. The topological polar surface area (TPSA) is 123 Å². The molecule has 3 aromatic heterocycles. The van der Waals surface area contributed by atoms with Gasteiger partial charge < -0.3 is 14.4 Å². The van der Waals surface area contributed by atoms with Crippen LogP contribution in [0.25, 0.3) is 22.7 Å². The van der Waals surface area contributed by atoms with Gasteiger partial charge in [-0.05, 0) is 50.3 Å². The molecule has 0 radical (unpaired) electrons. The van der Waals surface area contributed by atoms with E-state index < -0.39 is 18.1 Å². The minimum absolute atomic E-state index is 0.0222. The number of piperidine rings is 1. The largest absolute Gasteiger partial charge is 0.415 e. The second-order valence-electron chi connectivity index (χ2n) is 9.70. The molecule has 0 saturated carbocycles. The van der Waals surface area contributed by atoms with Crippen molar-refractivity contribution in [2.75, 3.05) is 13.1 Å². The van der Waals surface area contributed by atoms with Gasteiger partial charge in [0.1, 0.15) is 11.5 Å². The molecule has 1 fully saturated rings. The summed E-state index contributed by atoms with van der Waals surface area (Å²) in [4.78, 5) is 17.5. The number of halogens is 3. The van der Waals surface area contributed by atoms with Crippen LogP contribution in [-0.4, -0.2) is 65.3 Å². The van der Waals surface area contributed by atoms with Gasteiger partial charge in [-0.3, -0.25) is 9.78 Å². The first-order chi connectivity index (χ1) is 19.1. The molecule has 40 heavy (non-hydrogen) atoms. The van der Waals surface area contributed by atoms with Crippen LogP contribution in [0.3, 0.4) is 0 Å². The second-order valence-corrected chi connectivity index (χ2v) is 9.70. The maximum atomic E-state index is 14.7. The maximum Gasteiger partial charge on any atom is 0.314 e. The molecule has 1 N–H and O–H groups in total. The fourth-order valence-corrected chi connectivity index (χ4v) is 4.28. The Balaban J connectivity index is 0.000000867. The first-order valence-corrected chi connectivity index (χ1v) is 12.8. The van der Waals surface area contributed by atoms with E-state index in [-0.39, 0.29) is 35.7 Å². The van der Waals surface area contributed by atoms with E-state index in [1.165, 1.54) is 16.4 Å². The molecule has 0 aliphatic carbocycles. The molecule has 5 rings (SSSR count). The van der Waals surface area contributed by atoms with Crippen molar-refractivity contribution in [2.24, 2.45) is 0 Å². The van der Waals surface area contributed by atoms with Crippen molar-refractivity contribution in [3.63, 3.8) is 0 Å². The second kappa shape index (κ2) is 12.8. The molecule has 212 valence electrons. The smallest absolute Gasteiger partial charge is 0.314 e. The molecule has 0 atom stereocenters. The summed E-state index contributed by atoms with van der Waals surface area (Å²) in [5.74, 6) is -1.27. The summed E-state index contributed by atoms with van der Waals surface area (Å²) in [5, 5.41) is 23.1. The molecular weight excluding hydrogens is 527 g/mol. The Morgan fingerprint density at radius 3 is 2.48 bits per heavy atom. The van der Waals surface area contributed by atoms with Gasteiger partial charge in [0.25, 0.3) is 5.89 Å². The van der Waals surface area contributed by atoms with Gasteiger partial charge in [-0.25, -0.2) is 9.07 Å². The van der Waals surface area contributed by atoms with Gasteiger partial charge in [0.15, 0.2) is 0 Å². The van der Waals surface area contributed by atoms with E-state index in [9.17, 15) is 18.0 Å². The normalized spacial score (nSPS) is 14.0. The van der Waals surface area contributed by atoms with Gasteiger partial charge in [0.05, 0.1) is 24.0 Å². The Morgan fingerprint density at radius 1 is 1.12 bits per heavy atom. The van der Waals surface area contributed by atoms with Crippen LogP contribution >= 0.6 is 0 Å². The Bertz CT molecular complexity index is 1430. The number of pyridine rings is 1. The van der Waals surface area contributed by atoms with E-state index in [0.717, 1.165) is 37.6 Å². The quantitative estimate of drug-likeness (QED) is 0.364. The first-order valence-electron chi connectivity index (χ1n) is 12.8. The number of likely N-dealkylation sites (tertiary alicyclic amines) is 1. The van der Waals surface area contributed by atoms with Crippen molar-refractivity contribution in [3.05, 3.63) is 65.7 Å². The average Bonchev–Trinajstić information content (AvgIpc) is 3.60. The number of aliphatic hydroxyl groups is 1. The van der Waals surface area contributed by atoms with Gasteiger partial charge in [-0.15, -0.1) is 15.3 Å². The first kappa shape index (κ1) is 28.9. The third-order valence-corrected chi connectivity index (χ3v) is 6.24. The number of rotatable bonds is 6. The zero-order valence-corrected chi connectivity index (χ0v) is 22.3. The lowest BCUT2D eigenvalue weighted by Crippen LogP contribution is -2.36. The molecule has 10 nitrogen and oxygen atoms in total. The van der Waals surface area contributed by atoms with Crippen molar-refractivity contribution < 1.29 is 27.5 Å². The van der Waals surface area contributed by atoms with Crippen LogP contribution in [0, 0.1) is 5.82 Å². The highest BCUT2D eigenvalue weighted by Crippen LogP contribution is 2.31. The lowest BCUT2D eigenvalue weighted by Gasteiger charge is -2.31. The van der Waals surface area contributed by atoms with E-state index in [1.807, 2.05) is 17.0 Å². The lowest BCUT2D eigenvalue weighted by molar-refractivity contribution is -0.129. The maximum absolute atomic E-state index is 14.7. The van der Waals surface area contributed by atoms with Crippen LogP contribution in [0.5, 0.6) is 0 Å². The number of aliphatic hydroxyl groups excluding tert-OH is 1. The van der Waals surface area contributed by atoms with Crippen LogP contribution in [0.1, 0.15) is 63.1 Å². The average molecular weight is 558 g/mol. The number of alkyl halides is 2.